The number of amides is 1. The SMILES string of the molecule is CC(C)(C=O)C[C@@H]1CCC[C@H]2COC(=O)N21. The largest absolute Gasteiger partial charge is 0.447 e. The zero-order valence-electron chi connectivity index (χ0n) is 9.94. The van der Waals surface area contributed by atoms with Crippen molar-refractivity contribution in [1.82, 2.24) is 4.90 Å². The third-order valence-electron chi connectivity index (χ3n) is 3.55. The number of aldehydes is 1. The lowest BCUT2D eigenvalue weighted by atomic mass is 9.83. The highest BCUT2D eigenvalue weighted by Gasteiger charge is 2.42. The Balaban J connectivity index is 2.08. The molecule has 16 heavy (non-hydrogen) atoms. The van der Waals surface area contributed by atoms with Crippen LogP contribution in [-0.4, -0.2) is 36.0 Å². The Morgan fingerprint density at radius 2 is 2.25 bits per heavy atom. The van der Waals surface area contributed by atoms with Crippen LogP contribution in [-0.2, 0) is 9.53 Å². The van der Waals surface area contributed by atoms with Crippen LogP contribution >= 0.6 is 0 Å². The first-order valence-corrected chi connectivity index (χ1v) is 5.95. The molecule has 2 heterocycles. The highest BCUT2D eigenvalue weighted by Crippen LogP contribution is 2.34. The van der Waals surface area contributed by atoms with Crippen molar-refractivity contribution in [2.45, 2.75) is 51.6 Å². The molecule has 0 unspecified atom stereocenters. The molecule has 0 aromatic heterocycles. The Morgan fingerprint density at radius 1 is 1.50 bits per heavy atom. The van der Waals surface area contributed by atoms with Crippen molar-refractivity contribution < 1.29 is 14.3 Å². The summed E-state index contributed by atoms with van der Waals surface area (Å²) in [7, 11) is 0. The van der Waals surface area contributed by atoms with Crippen molar-refractivity contribution in [3.63, 3.8) is 0 Å². The van der Waals surface area contributed by atoms with Gasteiger partial charge in [0.15, 0.2) is 0 Å². The van der Waals surface area contributed by atoms with Crippen LogP contribution in [0.1, 0.15) is 39.5 Å². The van der Waals surface area contributed by atoms with Crippen LogP contribution in [0, 0.1) is 5.41 Å². The number of nitrogens with zero attached hydrogens (tertiary/aromatic N) is 1. The van der Waals surface area contributed by atoms with E-state index in [0.717, 1.165) is 32.0 Å². The summed E-state index contributed by atoms with van der Waals surface area (Å²) in [5.74, 6) is 0. The maximum atomic E-state index is 11.6. The monoisotopic (exact) mass is 225 g/mol. The van der Waals surface area contributed by atoms with Gasteiger partial charge in [-0.1, -0.05) is 13.8 Å². The summed E-state index contributed by atoms with van der Waals surface area (Å²) < 4.78 is 5.08. The maximum Gasteiger partial charge on any atom is 0.410 e. The van der Waals surface area contributed by atoms with Crippen LogP contribution in [0.4, 0.5) is 4.79 Å². The number of hydrogen-bond acceptors (Lipinski definition) is 3. The number of ether oxygens (including phenoxy) is 1. The Kier molecular flexibility index (Phi) is 2.91. The molecule has 2 aliphatic rings. The Hall–Kier alpha value is -1.06. The van der Waals surface area contributed by atoms with Gasteiger partial charge in [-0.25, -0.2) is 4.79 Å². The van der Waals surface area contributed by atoms with E-state index in [2.05, 4.69) is 0 Å². The van der Waals surface area contributed by atoms with Gasteiger partial charge in [-0.05, 0) is 25.7 Å². The molecule has 0 N–H and O–H groups in total. The van der Waals surface area contributed by atoms with Gasteiger partial charge in [-0.15, -0.1) is 0 Å². The molecular weight excluding hydrogens is 206 g/mol. The van der Waals surface area contributed by atoms with Gasteiger partial charge in [0.1, 0.15) is 12.9 Å². The Morgan fingerprint density at radius 3 is 2.94 bits per heavy atom. The Labute approximate surface area is 95.9 Å². The van der Waals surface area contributed by atoms with Crippen LogP contribution in [0.2, 0.25) is 0 Å². The summed E-state index contributed by atoms with van der Waals surface area (Å²) in [6.45, 7) is 4.37. The fourth-order valence-corrected chi connectivity index (χ4v) is 2.73. The lowest BCUT2D eigenvalue weighted by Crippen LogP contribution is -2.47. The topological polar surface area (TPSA) is 46.6 Å². The molecule has 0 radical (unpaired) electrons. The first kappa shape index (κ1) is 11.4. The number of carbonyl (C=O) groups excluding carboxylic acids is 2. The van der Waals surface area contributed by atoms with Crippen LogP contribution in [0.5, 0.6) is 0 Å². The standard InChI is InChI=1S/C12H19NO3/c1-12(2,8-14)6-9-4-3-5-10-7-16-11(15)13(9)10/h8-10H,3-7H2,1-2H3/t9-,10-/m0/s1. The molecule has 2 aliphatic heterocycles. The molecule has 0 aromatic carbocycles. The second kappa shape index (κ2) is 4.07. The molecular formula is C12H19NO3. The molecule has 0 saturated carbocycles. The summed E-state index contributed by atoms with van der Waals surface area (Å²) in [6, 6.07) is 0.419. The van der Waals surface area contributed by atoms with Crippen LogP contribution in [0.25, 0.3) is 0 Å². The highest BCUT2D eigenvalue weighted by atomic mass is 16.6. The Bertz CT molecular complexity index is 301. The number of cyclic esters (lactones) is 1. The van der Waals surface area contributed by atoms with E-state index < -0.39 is 0 Å². The van der Waals surface area contributed by atoms with Gasteiger partial charge in [-0.2, -0.15) is 0 Å². The number of fused-ring (bicyclic) bond motifs is 1. The molecule has 4 heteroatoms. The maximum absolute atomic E-state index is 11.6. The quantitative estimate of drug-likeness (QED) is 0.690. The van der Waals surface area contributed by atoms with E-state index in [4.69, 9.17) is 4.74 Å². The molecule has 0 spiro atoms. The summed E-state index contributed by atoms with van der Waals surface area (Å²) in [4.78, 5) is 24.4. The fourth-order valence-electron chi connectivity index (χ4n) is 2.73. The number of rotatable bonds is 3. The van der Waals surface area contributed by atoms with E-state index >= 15 is 0 Å². The van der Waals surface area contributed by atoms with Gasteiger partial charge in [0, 0.05) is 11.5 Å². The number of carbonyl (C=O) groups is 2. The smallest absolute Gasteiger partial charge is 0.410 e. The lowest BCUT2D eigenvalue weighted by molar-refractivity contribution is -0.115. The normalized spacial score (nSPS) is 29.9. The first-order valence-electron chi connectivity index (χ1n) is 5.95. The average molecular weight is 225 g/mol. The lowest BCUT2D eigenvalue weighted by Gasteiger charge is -2.38. The van der Waals surface area contributed by atoms with Crippen molar-refractivity contribution >= 4 is 12.4 Å². The molecule has 2 rings (SSSR count). The van der Waals surface area contributed by atoms with E-state index in [0.29, 0.717) is 6.61 Å². The minimum atomic E-state index is -0.352. The zero-order chi connectivity index (χ0) is 11.8. The third-order valence-corrected chi connectivity index (χ3v) is 3.55. The second-order valence-corrected chi connectivity index (χ2v) is 5.53. The predicted molar refractivity (Wildman–Crippen MR) is 59.1 cm³/mol. The average Bonchev–Trinajstić information content (AvgIpc) is 2.61. The number of piperidine rings is 1. The molecule has 0 aromatic rings. The molecule has 2 fully saturated rings. The van der Waals surface area contributed by atoms with E-state index in [-0.39, 0.29) is 23.6 Å². The molecule has 1 amide bonds. The molecule has 90 valence electrons. The number of hydrogen-bond donors (Lipinski definition) is 0. The van der Waals surface area contributed by atoms with Crippen molar-refractivity contribution in [2.75, 3.05) is 6.61 Å². The van der Waals surface area contributed by atoms with Gasteiger partial charge in [-0.3, -0.25) is 4.90 Å². The van der Waals surface area contributed by atoms with Crippen LogP contribution < -0.4 is 0 Å². The first-order chi connectivity index (χ1) is 7.53. The minimum Gasteiger partial charge on any atom is -0.447 e. The van der Waals surface area contributed by atoms with E-state index in [9.17, 15) is 9.59 Å². The van der Waals surface area contributed by atoms with E-state index in [1.54, 1.807) is 0 Å². The molecule has 2 saturated heterocycles. The highest BCUT2D eigenvalue weighted by molar-refractivity contribution is 5.71. The van der Waals surface area contributed by atoms with Gasteiger partial charge in [0.2, 0.25) is 0 Å². The summed E-state index contributed by atoms with van der Waals surface area (Å²) in [5.41, 5.74) is -0.352. The second-order valence-electron chi connectivity index (χ2n) is 5.53. The van der Waals surface area contributed by atoms with Crippen molar-refractivity contribution in [1.29, 1.82) is 0 Å². The zero-order valence-corrected chi connectivity index (χ0v) is 9.94. The summed E-state index contributed by atoms with van der Waals surface area (Å²) in [6.07, 6.45) is 4.67. The predicted octanol–water partition coefficient (Wildman–Crippen LogP) is 1.97. The van der Waals surface area contributed by atoms with Gasteiger partial charge in [0.25, 0.3) is 0 Å². The van der Waals surface area contributed by atoms with Crippen molar-refractivity contribution in [3.05, 3.63) is 0 Å². The van der Waals surface area contributed by atoms with Crippen molar-refractivity contribution in [3.8, 4) is 0 Å². The van der Waals surface area contributed by atoms with E-state index in [1.165, 1.54) is 0 Å². The molecule has 4 nitrogen and oxygen atoms in total. The van der Waals surface area contributed by atoms with Gasteiger partial charge in [0.05, 0.1) is 6.04 Å². The van der Waals surface area contributed by atoms with Crippen LogP contribution in [0.15, 0.2) is 0 Å². The minimum absolute atomic E-state index is 0.175. The molecule has 0 bridgehead atoms. The van der Waals surface area contributed by atoms with E-state index in [1.807, 2.05) is 18.7 Å². The van der Waals surface area contributed by atoms with Gasteiger partial charge >= 0.3 is 6.09 Å². The summed E-state index contributed by atoms with van der Waals surface area (Å²) >= 11 is 0. The van der Waals surface area contributed by atoms with Crippen LogP contribution in [0.3, 0.4) is 0 Å². The fraction of sp³-hybridized carbons (Fsp3) is 0.833. The summed E-state index contributed by atoms with van der Waals surface area (Å²) in [5, 5.41) is 0. The molecule has 2 atom stereocenters. The molecule has 0 aliphatic carbocycles. The third kappa shape index (κ3) is 2.06. The van der Waals surface area contributed by atoms with Gasteiger partial charge < -0.3 is 9.53 Å². The van der Waals surface area contributed by atoms with Crippen molar-refractivity contribution in [2.24, 2.45) is 5.41 Å².